The molecule has 1 N–H and O–H groups in total. The van der Waals surface area contributed by atoms with Crippen LogP contribution in [0.25, 0.3) is 0 Å². The molecule has 0 atom stereocenters. The Morgan fingerprint density at radius 1 is 1.40 bits per heavy atom. The highest BCUT2D eigenvalue weighted by Crippen LogP contribution is 2.30. The van der Waals surface area contributed by atoms with Crippen molar-refractivity contribution in [1.82, 2.24) is 0 Å². The van der Waals surface area contributed by atoms with Gasteiger partial charge in [0.25, 0.3) is 5.69 Å². The van der Waals surface area contributed by atoms with Gasteiger partial charge in [0.05, 0.1) is 15.4 Å². The predicted octanol–water partition coefficient (Wildman–Crippen LogP) is 1.21. The Balaban J connectivity index is 3.31. The van der Waals surface area contributed by atoms with Crippen molar-refractivity contribution >= 4 is 21.2 Å². The van der Waals surface area contributed by atoms with Crippen molar-refractivity contribution in [3.63, 3.8) is 0 Å². The largest absolute Gasteiger partial charge is 0.389 e. The first-order valence-corrected chi connectivity index (χ1v) is 7.73. The molecule has 0 spiro atoms. The molecule has 1 aromatic carbocycles. The van der Waals surface area contributed by atoms with E-state index in [2.05, 4.69) is 0 Å². The fourth-order valence-electron chi connectivity index (χ4n) is 1.87. The van der Waals surface area contributed by atoms with Crippen LogP contribution in [0.2, 0.25) is 0 Å². The molecule has 0 aliphatic heterocycles. The maximum atomic E-state index is 11.4. The number of hydrogen-bond acceptors (Lipinski definition) is 6. The van der Waals surface area contributed by atoms with Gasteiger partial charge >= 0.3 is 0 Å². The molecule has 0 saturated heterocycles. The van der Waals surface area contributed by atoms with E-state index in [-0.39, 0.29) is 22.8 Å². The molecule has 0 heterocycles. The van der Waals surface area contributed by atoms with E-state index >= 15 is 0 Å². The van der Waals surface area contributed by atoms with Gasteiger partial charge in [-0.15, -0.1) is 0 Å². The van der Waals surface area contributed by atoms with E-state index in [4.69, 9.17) is 0 Å². The molecule has 0 aliphatic rings. The van der Waals surface area contributed by atoms with Crippen LogP contribution in [0.4, 0.5) is 11.4 Å². The Kier molecular flexibility index (Phi) is 4.40. The van der Waals surface area contributed by atoms with Crippen LogP contribution in [-0.4, -0.2) is 43.9 Å². The Morgan fingerprint density at radius 3 is 2.35 bits per heavy atom. The minimum atomic E-state index is -3.51. The van der Waals surface area contributed by atoms with Gasteiger partial charge in [-0.1, -0.05) is 0 Å². The molecule has 0 fully saturated rings. The van der Waals surface area contributed by atoms with E-state index in [0.29, 0.717) is 0 Å². The van der Waals surface area contributed by atoms with Gasteiger partial charge in [-0.25, -0.2) is 8.42 Å². The number of nitro groups is 1. The van der Waals surface area contributed by atoms with E-state index < -0.39 is 20.4 Å². The van der Waals surface area contributed by atoms with Gasteiger partial charge in [-0.3, -0.25) is 10.1 Å². The third kappa shape index (κ3) is 4.17. The number of hydrogen-bond donors (Lipinski definition) is 1. The molecule has 20 heavy (non-hydrogen) atoms. The molecule has 0 bridgehead atoms. The number of aliphatic hydroxyl groups is 1. The van der Waals surface area contributed by atoms with Crippen molar-refractivity contribution < 1.29 is 18.4 Å². The normalized spacial score (nSPS) is 12.2. The second-order valence-electron chi connectivity index (χ2n) is 5.35. The van der Waals surface area contributed by atoms with Gasteiger partial charge in [0.1, 0.15) is 5.69 Å². The lowest BCUT2D eigenvalue weighted by Gasteiger charge is -2.27. The summed E-state index contributed by atoms with van der Waals surface area (Å²) in [5.41, 5.74) is -1.08. The lowest BCUT2D eigenvalue weighted by molar-refractivity contribution is -0.384. The summed E-state index contributed by atoms with van der Waals surface area (Å²) in [6.07, 6.45) is 0.992. The maximum Gasteiger partial charge on any atom is 0.293 e. The lowest BCUT2D eigenvalue weighted by Crippen LogP contribution is -2.36. The second-order valence-corrected chi connectivity index (χ2v) is 7.36. The van der Waals surface area contributed by atoms with Crippen LogP contribution in [0.15, 0.2) is 23.1 Å². The van der Waals surface area contributed by atoms with E-state index in [1.807, 2.05) is 0 Å². The van der Waals surface area contributed by atoms with E-state index in [1.54, 1.807) is 20.9 Å². The summed E-state index contributed by atoms with van der Waals surface area (Å²) in [5, 5.41) is 20.8. The average Bonchev–Trinajstić information content (AvgIpc) is 2.24. The van der Waals surface area contributed by atoms with Gasteiger partial charge in [0.2, 0.25) is 0 Å². The third-order valence-electron chi connectivity index (χ3n) is 2.61. The first kappa shape index (κ1) is 16.4. The van der Waals surface area contributed by atoms with Crippen molar-refractivity contribution in [3.8, 4) is 0 Å². The number of nitrogens with zero attached hydrogens (tertiary/aromatic N) is 2. The highest BCUT2D eigenvalue weighted by molar-refractivity contribution is 7.90. The number of anilines is 1. The van der Waals surface area contributed by atoms with Crippen LogP contribution < -0.4 is 4.90 Å². The summed E-state index contributed by atoms with van der Waals surface area (Å²) in [5.74, 6) is 0. The molecule has 7 nitrogen and oxygen atoms in total. The highest BCUT2D eigenvalue weighted by atomic mass is 32.2. The number of nitro benzene ring substituents is 1. The number of benzene rings is 1. The van der Waals surface area contributed by atoms with Crippen molar-refractivity contribution in [2.24, 2.45) is 0 Å². The molecule has 0 aliphatic carbocycles. The van der Waals surface area contributed by atoms with Gasteiger partial charge in [0.15, 0.2) is 9.84 Å². The summed E-state index contributed by atoms with van der Waals surface area (Å²) in [4.78, 5) is 11.9. The minimum absolute atomic E-state index is 0.107. The summed E-state index contributed by atoms with van der Waals surface area (Å²) in [6.45, 7) is 3.34. The molecule has 0 unspecified atom stereocenters. The summed E-state index contributed by atoms with van der Waals surface area (Å²) >= 11 is 0. The number of likely N-dealkylation sites (N-methyl/N-ethyl adjacent to an activating group) is 1. The SMILES string of the molecule is CN(CC(C)(C)O)c1ccc(S(C)(=O)=O)cc1[N+](=O)[O-]. The molecule has 1 rings (SSSR count). The minimum Gasteiger partial charge on any atom is -0.389 e. The molecule has 0 amide bonds. The molecule has 0 aromatic heterocycles. The van der Waals surface area contributed by atoms with E-state index in [0.717, 1.165) is 12.3 Å². The maximum absolute atomic E-state index is 11.4. The zero-order valence-electron chi connectivity index (χ0n) is 11.8. The van der Waals surface area contributed by atoms with Gasteiger partial charge in [-0.05, 0) is 26.0 Å². The van der Waals surface area contributed by atoms with Crippen LogP contribution in [0, 0.1) is 10.1 Å². The second kappa shape index (κ2) is 5.37. The first-order chi connectivity index (χ1) is 8.92. The highest BCUT2D eigenvalue weighted by Gasteiger charge is 2.24. The van der Waals surface area contributed by atoms with Gasteiger partial charge in [-0.2, -0.15) is 0 Å². The molecular formula is C12H18N2O5S. The van der Waals surface area contributed by atoms with Gasteiger partial charge in [0, 0.05) is 25.9 Å². The zero-order valence-corrected chi connectivity index (χ0v) is 12.6. The van der Waals surface area contributed by atoms with E-state index in [9.17, 15) is 23.6 Å². The fraction of sp³-hybridized carbons (Fsp3) is 0.500. The fourth-order valence-corrected chi connectivity index (χ4v) is 2.51. The zero-order chi connectivity index (χ0) is 15.7. The Hall–Kier alpha value is -1.67. The molecule has 112 valence electrons. The Labute approximate surface area is 117 Å². The third-order valence-corrected chi connectivity index (χ3v) is 3.72. The molecular weight excluding hydrogens is 284 g/mol. The monoisotopic (exact) mass is 302 g/mol. The van der Waals surface area contributed by atoms with Crippen molar-refractivity contribution in [1.29, 1.82) is 0 Å². The van der Waals surface area contributed by atoms with Crippen LogP contribution >= 0.6 is 0 Å². The molecule has 0 saturated carbocycles. The topological polar surface area (TPSA) is 101 Å². The number of rotatable bonds is 5. The quantitative estimate of drug-likeness (QED) is 0.648. The van der Waals surface area contributed by atoms with Crippen molar-refractivity contribution in [2.75, 3.05) is 24.7 Å². The molecule has 1 aromatic rings. The Bertz CT molecular complexity index is 619. The number of sulfone groups is 1. The average molecular weight is 302 g/mol. The smallest absolute Gasteiger partial charge is 0.293 e. The summed E-state index contributed by atoms with van der Waals surface area (Å²) in [7, 11) is -1.91. The first-order valence-electron chi connectivity index (χ1n) is 5.84. The van der Waals surface area contributed by atoms with Crippen LogP contribution in [0.3, 0.4) is 0 Å². The lowest BCUT2D eigenvalue weighted by atomic mass is 10.1. The predicted molar refractivity (Wildman–Crippen MR) is 75.8 cm³/mol. The van der Waals surface area contributed by atoms with Crippen molar-refractivity contribution in [2.45, 2.75) is 24.3 Å². The summed E-state index contributed by atoms with van der Waals surface area (Å²) < 4.78 is 22.9. The van der Waals surface area contributed by atoms with Gasteiger partial charge < -0.3 is 10.0 Å². The van der Waals surface area contributed by atoms with E-state index in [1.165, 1.54) is 17.0 Å². The molecule has 0 radical (unpaired) electrons. The van der Waals surface area contributed by atoms with Crippen molar-refractivity contribution in [3.05, 3.63) is 28.3 Å². The van der Waals surface area contributed by atoms with Crippen LogP contribution in [0.5, 0.6) is 0 Å². The van der Waals surface area contributed by atoms with Crippen LogP contribution in [-0.2, 0) is 9.84 Å². The molecule has 8 heteroatoms. The van der Waals surface area contributed by atoms with Crippen LogP contribution in [0.1, 0.15) is 13.8 Å². The Morgan fingerprint density at radius 2 is 1.95 bits per heavy atom. The standard InChI is InChI=1S/C12H18N2O5S/c1-12(2,15)8-13(3)10-6-5-9(20(4,18)19)7-11(10)14(16)17/h5-7,15H,8H2,1-4H3. The summed E-state index contributed by atoms with van der Waals surface area (Å²) in [6, 6.07) is 3.73.